The van der Waals surface area contributed by atoms with E-state index in [-0.39, 0.29) is 30.7 Å². The van der Waals surface area contributed by atoms with Gasteiger partial charge in [-0.2, -0.15) is 13.2 Å². The van der Waals surface area contributed by atoms with E-state index in [1.807, 2.05) is 51.1 Å². The number of likely N-dealkylation sites (tertiary alicyclic amines) is 1. The minimum Gasteiger partial charge on any atom is -0.496 e. The Hall–Kier alpha value is -3.27. The minimum absolute atomic E-state index is 0.0190. The first kappa shape index (κ1) is 28.7. The number of aryl methyl sites for hydroxylation is 1. The number of carbonyl (C=O) groups excluding carboxylic acids is 2. The number of alkyl halides is 3. The van der Waals surface area contributed by atoms with Crippen LogP contribution in [0.2, 0.25) is 0 Å². The van der Waals surface area contributed by atoms with Crippen molar-refractivity contribution in [1.29, 1.82) is 0 Å². The summed E-state index contributed by atoms with van der Waals surface area (Å²) >= 11 is 0. The van der Waals surface area contributed by atoms with Gasteiger partial charge in [0, 0.05) is 36.8 Å². The molecule has 1 saturated heterocycles. The molecule has 2 aromatic carbocycles. The Labute approximate surface area is 227 Å². The molecule has 2 aliphatic rings. The van der Waals surface area contributed by atoms with Crippen molar-refractivity contribution < 1.29 is 32.2 Å². The van der Waals surface area contributed by atoms with Crippen molar-refractivity contribution in [2.24, 2.45) is 0 Å². The number of amides is 2. The Morgan fingerprint density at radius 3 is 2.46 bits per heavy atom. The summed E-state index contributed by atoms with van der Waals surface area (Å²) in [4.78, 5) is 28.2. The maximum Gasteiger partial charge on any atom is 0.410 e. The van der Waals surface area contributed by atoms with Crippen LogP contribution in [0.5, 0.6) is 5.75 Å². The third-order valence-corrected chi connectivity index (χ3v) is 6.97. The number of anilines is 1. The molecular weight excluding hydrogens is 511 g/mol. The molecule has 4 rings (SSSR count). The fourth-order valence-electron chi connectivity index (χ4n) is 5.34. The van der Waals surface area contributed by atoms with E-state index in [4.69, 9.17) is 9.47 Å². The van der Waals surface area contributed by atoms with Crippen molar-refractivity contribution in [3.05, 3.63) is 59.2 Å². The van der Waals surface area contributed by atoms with Gasteiger partial charge in [-0.1, -0.05) is 30.3 Å². The second kappa shape index (κ2) is 11.5. The van der Waals surface area contributed by atoms with Gasteiger partial charge >= 0.3 is 12.3 Å². The van der Waals surface area contributed by atoms with Gasteiger partial charge in [0.15, 0.2) is 0 Å². The molecule has 2 unspecified atom stereocenters. The lowest BCUT2D eigenvalue weighted by Crippen LogP contribution is -2.51. The fraction of sp³-hybridized carbons (Fsp3) is 0.517. The molecule has 2 heterocycles. The van der Waals surface area contributed by atoms with Crippen LogP contribution in [0, 0.1) is 0 Å². The molecule has 0 aliphatic carbocycles. The molecule has 0 saturated carbocycles. The van der Waals surface area contributed by atoms with Gasteiger partial charge in [0.2, 0.25) is 5.91 Å². The van der Waals surface area contributed by atoms with Crippen LogP contribution in [0.3, 0.4) is 0 Å². The predicted octanol–water partition coefficient (Wildman–Crippen LogP) is 5.77. The number of benzene rings is 2. The topological polar surface area (TPSA) is 71.1 Å². The number of nitrogens with one attached hydrogen (secondary N) is 1. The van der Waals surface area contributed by atoms with E-state index in [0.717, 1.165) is 23.3 Å². The van der Waals surface area contributed by atoms with E-state index >= 15 is 0 Å². The number of methoxy groups -OCH3 is 1. The van der Waals surface area contributed by atoms with Crippen molar-refractivity contribution in [3.63, 3.8) is 0 Å². The fourth-order valence-corrected chi connectivity index (χ4v) is 5.34. The summed E-state index contributed by atoms with van der Waals surface area (Å²) < 4.78 is 51.1. The SMILES string of the molecule is COc1cc2c(cc1CNC1CCCN(C(=O)OC(C)(C)C)C1c1ccccc1)N(CC(F)(F)F)C(=O)CC2. The van der Waals surface area contributed by atoms with E-state index in [2.05, 4.69) is 5.32 Å². The monoisotopic (exact) mass is 547 g/mol. The molecule has 1 N–H and O–H groups in total. The third-order valence-electron chi connectivity index (χ3n) is 6.97. The number of hydrogen-bond acceptors (Lipinski definition) is 5. The Bertz CT molecular complexity index is 1180. The molecule has 212 valence electrons. The highest BCUT2D eigenvalue weighted by atomic mass is 19.4. The van der Waals surface area contributed by atoms with Crippen molar-refractivity contribution in [2.45, 2.75) is 76.9 Å². The first-order valence-corrected chi connectivity index (χ1v) is 13.2. The summed E-state index contributed by atoms with van der Waals surface area (Å²) in [6.45, 7) is 4.98. The summed E-state index contributed by atoms with van der Waals surface area (Å²) in [5.74, 6) is -0.00745. The quantitative estimate of drug-likeness (QED) is 0.498. The molecular formula is C29H36F3N3O4. The molecule has 2 aliphatic heterocycles. The molecule has 39 heavy (non-hydrogen) atoms. The van der Waals surface area contributed by atoms with Gasteiger partial charge in [0.1, 0.15) is 17.9 Å². The number of rotatable bonds is 6. The standard InChI is InChI=1S/C29H36F3N3O4/c1-28(2,3)39-27(37)34-14-8-11-22(26(34)19-9-6-5-7-10-19)33-17-21-15-23-20(16-24(21)38-4)12-13-25(36)35(23)18-29(30,31)32/h5-7,9-10,15-16,22,26,33H,8,11-14,17-18H2,1-4H3. The van der Waals surface area contributed by atoms with Gasteiger partial charge in [-0.25, -0.2) is 4.79 Å². The number of piperidine rings is 1. The van der Waals surface area contributed by atoms with Gasteiger partial charge in [-0.15, -0.1) is 0 Å². The summed E-state index contributed by atoms with van der Waals surface area (Å²) in [6, 6.07) is 12.6. The summed E-state index contributed by atoms with van der Waals surface area (Å²) in [7, 11) is 1.52. The molecule has 2 amide bonds. The zero-order chi connectivity index (χ0) is 28.4. The second-order valence-electron chi connectivity index (χ2n) is 11.0. The van der Waals surface area contributed by atoms with Crippen LogP contribution >= 0.6 is 0 Å². The first-order chi connectivity index (χ1) is 18.4. The molecule has 2 aromatic rings. The highest BCUT2D eigenvalue weighted by Crippen LogP contribution is 2.37. The lowest BCUT2D eigenvalue weighted by atomic mass is 9.90. The first-order valence-electron chi connectivity index (χ1n) is 13.2. The average Bonchev–Trinajstić information content (AvgIpc) is 2.87. The number of carbonyl (C=O) groups is 2. The molecule has 0 radical (unpaired) electrons. The average molecular weight is 548 g/mol. The molecule has 2 atom stereocenters. The lowest BCUT2D eigenvalue weighted by molar-refractivity contribution is -0.132. The van der Waals surface area contributed by atoms with Crippen LogP contribution in [0.4, 0.5) is 23.7 Å². The van der Waals surface area contributed by atoms with Crippen molar-refractivity contribution in [3.8, 4) is 5.75 Å². The molecule has 1 fully saturated rings. The highest BCUT2D eigenvalue weighted by Gasteiger charge is 2.39. The minimum atomic E-state index is -4.52. The summed E-state index contributed by atoms with van der Waals surface area (Å²) in [5.41, 5.74) is 1.86. The Kier molecular flexibility index (Phi) is 8.44. The van der Waals surface area contributed by atoms with Crippen LogP contribution in [0.25, 0.3) is 0 Å². The second-order valence-corrected chi connectivity index (χ2v) is 11.0. The number of fused-ring (bicyclic) bond motifs is 1. The predicted molar refractivity (Wildman–Crippen MR) is 142 cm³/mol. The van der Waals surface area contributed by atoms with E-state index in [9.17, 15) is 22.8 Å². The summed E-state index contributed by atoms with van der Waals surface area (Å²) in [5, 5.41) is 3.53. The largest absolute Gasteiger partial charge is 0.496 e. The molecule has 7 nitrogen and oxygen atoms in total. The Morgan fingerprint density at radius 1 is 1.10 bits per heavy atom. The van der Waals surface area contributed by atoms with Crippen molar-refractivity contribution in [1.82, 2.24) is 10.2 Å². The summed E-state index contributed by atoms with van der Waals surface area (Å²) in [6.07, 6.45) is -2.99. The van der Waals surface area contributed by atoms with Crippen LogP contribution < -0.4 is 15.0 Å². The Balaban J connectivity index is 1.62. The number of nitrogens with zero attached hydrogens (tertiary/aromatic N) is 2. The van der Waals surface area contributed by atoms with Gasteiger partial charge in [-0.3, -0.25) is 9.69 Å². The maximum atomic E-state index is 13.3. The maximum absolute atomic E-state index is 13.3. The lowest BCUT2D eigenvalue weighted by Gasteiger charge is -2.42. The van der Waals surface area contributed by atoms with Crippen molar-refractivity contribution in [2.75, 3.05) is 25.1 Å². The van der Waals surface area contributed by atoms with E-state index in [1.165, 1.54) is 7.11 Å². The number of halogens is 3. The molecule has 0 aromatic heterocycles. The molecule has 0 bridgehead atoms. The van der Waals surface area contributed by atoms with Crippen LogP contribution in [-0.4, -0.2) is 54.9 Å². The number of hydrogen-bond donors (Lipinski definition) is 1. The van der Waals surface area contributed by atoms with Gasteiger partial charge in [0.25, 0.3) is 0 Å². The van der Waals surface area contributed by atoms with E-state index < -0.39 is 30.3 Å². The molecule has 0 spiro atoms. The highest BCUT2D eigenvalue weighted by molar-refractivity contribution is 5.96. The van der Waals surface area contributed by atoms with Crippen LogP contribution in [-0.2, 0) is 22.5 Å². The zero-order valence-corrected chi connectivity index (χ0v) is 22.8. The van der Waals surface area contributed by atoms with Gasteiger partial charge in [-0.05, 0) is 63.3 Å². The van der Waals surface area contributed by atoms with E-state index in [0.29, 0.717) is 29.8 Å². The smallest absolute Gasteiger partial charge is 0.410 e. The van der Waals surface area contributed by atoms with Crippen molar-refractivity contribution >= 4 is 17.7 Å². The van der Waals surface area contributed by atoms with Crippen LogP contribution in [0.15, 0.2) is 42.5 Å². The third kappa shape index (κ3) is 7.03. The Morgan fingerprint density at radius 2 is 1.82 bits per heavy atom. The van der Waals surface area contributed by atoms with Gasteiger partial charge < -0.3 is 19.7 Å². The number of ether oxygens (including phenoxy) is 2. The van der Waals surface area contributed by atoms with Gasteiger partial charge in [0.05, 0.1) is 13.2 Å². The van der Waals surface area contributed by atoms with E-state index in [1.54, 1.807) is 17.0 Å². The normalized spacial score (nSPS) is 20.0. The molecule has 10 heteroatoms. The zero-order valence-electron chi connectivity index (χ0n) is 22.8. The van der Waals surface area contributed by atoms with Crippen LogP contribution in [0.1, 0.15) is 62.8 Å².